The minimum atomic E-state index is -3.87. The second-order valence-corrected chi connectivity index (χ2v) is 9.52. The third-order valence-corrected chi connectivity index (χ3v) is 7.14. The fraction of sp³-hybridized carbons (Fsp3) is 0.125. The molecular weight excluding hydrogens is 448 g/mol. The van der Waals surface area contributed by atoms with Crippen molar-refractivity contribution in [1.29, 1.82) is 0 Å². The number of carboxylic acids is 1. The van der Waals surface area contributed by atoms with Crippen LogP contribution >= 0.6 is 11.6 Å². The minimum absolute atomic E-state index is 0.0512. The Morgan fingerprint density at radius 1 is 1.00 bits per heavy atom. The van der Waals surface area contributed by atoms with E-state index in [4.69, 9.17) is 11.6 Å². The van der Waals surface area contributed by atoms with Gasteiger partial charge < -0.3 is 10.1 Å². The summed E-state index contributed by atoms with van der Waals surface area (Å²) in [6.45, 7) is 0.226. The van der Waals surface area contributed by atoms with E-state index in [1.54, 1.807) is 6.07 Å². The molecule has 0 amide bonds. The molecule has 0 bridgehead atoms. The van der Waals surface area contributed by atoms with Crippen LogP contribution in [0.1, 0.15) is 11.1 Å². The van der Waals surface area contributed by atoms with Crippen LogP contribution in [-0.4, -0.2) is 31.0 Å². The monoisotopic (exact) mass is 468 g/mol. The Kier molecular flexibility index (Phi) is 6.32. The van der Waals surface area contributed by atoms with Crippen LogP contribution in [0.15, 0.2) is 77.7 Å². The van der Waals surface area contributed by atoms with Crippen LogP contribution in [0.25, 0.3) is 22.2 Å². The van der Waals surface area contributed by atoms with Crippen LogP contribution in [0.2, 0.25) is 5.02 Å². The predicted octanol–water partition coefficient (Wildman–Crippen LogP) is 4.64. The quantitative estimate of drug-likeness (QED) is 0.351. The van der Waals surface area contributed by atoms with Gasteiger partial charge in [-0.2, -0.15) is 0 Å². The van der Waals surface area contributed by atoms with Crippen molar-refractivity contribution in [2.45, 2.75) is 17.7 Å². The molecule has 3 aromatic carbocycles. The molecule has 0 aliphatic heterocycles. The molecule has 0 radical (unpaired) electrons. The van der Waals surface area contributed by atoms with Gasteiger partial charge in [-0.25, -0.2) is 13.1 Å². The summed E-state index contributed by atoms with van der Waals surface area (Å²) in [4.78, 5) is 14.6. The van der Waals surface area contributed by atoms with Gasteiger partial charge in [-0.15, -0.1) is 0 Å². The van der Waals surface area contributed by atoms with Crippen LogP contribution < -0.4 is 4.72 Å². The van der Waals surface area contributed by atoms with E-state index in [1.807, 2.05) is 54.6 Å². The molecule has 1 heterocycles. The molecule has 8 heteroatoms. The maximum Gasteiger partial charge on any atom is 0.307 e. The average molecular weight is 469 g/mol. The van der Waals surface area contributed by atoms with Crippen molar-refractivity contribution in [3.8, 4) is 11.3 Å². The number of aromatic nitrogens is 1. The molecule has 1 aromatic heterocycles. The number of aromatic amines is 1. The van der Waals surface area contributed by atoms with Crippen molar-refractivity contribution >= 4 is 38.5 Å². The van der Waals surface area contributed by atoms with Gasteiger partial charge in [0.05, 0.1) is 17.1 Å². The standard InChI is InChI=1S/C24H21ClN2O4S/c25-20-11-10-17(24-19(15-23(28)29)18-8-4-5-9-21(18)27-24)14-22(20)32(30,31)26-13-12-16-6-2-1-3-7-16/h1-11,14,26-27H,12-13,15H2,(H,28,29). The number of hydrogen-bond donors (Lipinski definition) is 3. The van der Waals surface area contributed by atoms with E-state index in [9.17, 15) is 18.3 Å². The Hall–Kier alpha value is -3.13. The maximum atomic E-state index is 13.0. The molecule has 3 N–H and O–H groups in total. The topological polar surface area (TPSA) is 99.3 Å². The van der Waals surface area contributed by atoms with Gasteiger partial charge in [-0.05, 0) is 41.3 Å². The third kappa shape index (κ3) is 4.70. The van der Waals surface area contributed by atoms with Crippen molar-refractivity contribution in [3.63, 3.8) is 0 Å². The molecule has 4 aromatic rings. The lowest BCUT2D eigenvalue weighted by Crippen LogP contribution is -2.26. The van der Waals surface area contributed by atoms with Gasteiger partial charge in [0.1, 0.15) is 4.90 Å². The highest BCUT2D eigenvalue weighted by atomic mass is 35.5. The van der Waals surface area contributed by atoms with E-state index in [-0.39, 0.29) is 22.9 Å². The lowest BCUT2D eigenvalue weighted by atomic mass is 10.0. The Bertz CT molecular complexity index is 1380. The van der Waals surface area contributed by atoms with Gasteiger partial charge in [-0.1, -0.05) is 66.2 Å². The highest BCUT2D eigenvalue weighted by Crippen LogP contribution is 2.34. The van der Waals surface area contributed by atoms with E-state index in [1.165, 1.54) is 12.1 Å². The van der Waals surface area contributed by atoms with Gasteiger partial charge in [0, 0.05) is 17.4 Å². The summed E-state index contributed by atoms with van der Waals surface area (Å²) in [5.41, 5.74) is 3.50. The van der Waals surface area contributed by atoms with Crippen molar-refractivity contribution in [2.24, 2.45) is 0 Å². The normalized spacial score (nSPS) is 11.7. The van der Waals surface area contributed by atoms with E-state index < -0.39 is 16.0 Å². The molecule has 0 saturated carbocycles. The van der Waals surface area contributed by atoms with Crippen molar-refractivity contribution in [1.82, 2.24) is 9.71 Å². The number of hydrogen-bond acceptors (Lipinski definition) is 3. The zero-order valence-electron chi connectivity index (χ0n) is 17.0. The third-order valence-electron chi connectivity index (χ3n) is 5.20. The van der Waals surface area contributed by atoms with Crippen LogP contribution in [0.4, 0.5) is 0 Å². The number of carbonyl (C=O) groups is 1. The molecule has 6 nitrogen and oxygen atoms in total. The molecule has 0 atom stereocenters. The Morgan fingerprint density at radius 3 is 2.47 bits per heavy atom. The van der Waals surface area contributed by atoms with E-state index in [2.05, 4.69) is 9.71 Å². The fourth-order valence-corrected chi connectivity index (χ4v) is 5.25. The summed E-state index contributed by atoms with van der Waals surface area (Å²) in [6.07, 6.45) is 0.349. The van der Waals surface area contributed by atoms with Crippen molar-refractivity contribution < 1.29 is 18.3 Å². The number of sulfonamides is 1. The minimum Gasteiger partial charge on any atom is -0.481 e. The van der Waals surface area contributed by atoms with E-state index >= 15 is 0 Å². The SMILES string of the molecule is O=C(O)Cc1c(-c2ccc(Cl)c(S(=O)(=O)NCCc3ccccc3)c2)[nH]c2ccccc12. The van der Waals surface area contributed by atoms with Gasteiger partial charge in [-0.3, -0.25) is 4.79 Å². The number of rotatable bonds is 8. The van der Waals surface area contributed by atoms with Crippen molar-refractivity contribution in [3.05, 3.63) is 88.9 Å². The zero-order valence-corrected chi connectivity index (χ0v) is 18.6. The van der Waals surface area contributed by atoms with Gasteiger partial charge in [0.2, 0.25) is 10.0 Å². The molecular formula is C24H21ClN2O4S. The van der Waals surface area contributed by atoms with Gasteiger partial charge in [0.25, 0.3) is 0 Å². The highest BCUT2D eigenvalue weighted by molar-refractivity contribution is 7.89. The number of nitrogens with one attached hydrogen (secondary N) is 2. The first-order valence-electron chi connectivity index (χ1n) is 10.00. The molecule has 0 spiro atoms. The van der Waals surface area contributed by atoms with Crippen LogP contribution in [-0.2, 0) is 27.7 Å². The fourth-order valence-electron chi connectivity index (χ4n) is 3.70. The number of para-hydroxylation sites is 1. The van der Waals surface area contributed by atoms with Crippen LogP contribution in [0, 0.1) is 0 Å². The van der Waals surface area contributed by atoms with E-state index in [0.717, 1.165) is 16.5 Å². The van der Waals surface area contributed by atoms with Crippen LogP contribution in [0.3, 0.4) is 0 Å². The number of benzene rings is 3. The smallest absolute Gasteiger partial charge is 0.307 e. The number of aliphatic carboxylic acids is 1. The molecule has 32 heavy (non-hydrogen) atoms. The van der Waals surface area contributed by atoms with Gasteiger partial charge in [0.15, 0.2) is 0 Å². The predicted molar refractivity (Wildman–Crippen MR) is 125 cm³/mol. The number of H-pyrrole nitrogens is 1. The molecule has 0 aliphatic carbocycles. The first kappa shape index (κ1) is 22.1. The largest absolute Gasteiger partial charge is 0.481 e. The first-order valence-corrected chi connectivity index (χ1v) is 11.9. The molecule has 0 fully saturated rings. The number of fused-ring (bicyclic) bond motifs is 1. The summed E-state index contributed by atoms with van der Waals surface area (Å²) >= 11 is 6.24. The lowest BCUT2D eigenvalue weighted by Gasteiger charge is -2.11. The molecule has 0 aliphatic rings. The van der Waals surface area contributed by atoms with Crippen LogP contribution in [0.5, 0.6) is 0 Å². The second-order valence-electron chi connectivity index (χ2n) is 7.37. The Morgan fingerprint density at radius 2 is 1.72 bits per heavy atom. The molecule has 0 saturated heterocycles. The highest BCUT2D eigenvalue weighted by Gasteiger charge is 2.21. The Balaban J connectivity index is 1.68. The second kappa shape index (κ2) is 9.16. The Labute approximate surface area is 190 Å². The summed E-state index contributed by atoms with van der Waals surface area (Å²) < 4.78 is 28.5. The summed E-state index contributed by atoms with van der Waals surface area (Å²) in [5.74, 6) is -0.972. The van der Waals surface area contributed by atoms with Crippen molar-refractivity contribution in [2.75, 3.05) is 6.54 Å². The number of halogens is 1. The summed E-state index contributed by atoms with van der Waals surface area (Å²) in [7, 11) is -3.87. The van der Waals surface area contributed by atoms with E-state index in [0.29, 0.717) is 23.2 Å². The summed E-state index contributed by atoms with van der Waals surface area (Å²) in [6, 6.07) is 21.6. The lowest BCUT2D eigenvalue weighted by molar-refractivity contribution is -0.136. The maximum absolute atomic E-state index is 13.0. The molecule has 0 unspecified atom stereocenters. The first-order chi connectivity index (χ1) is 15.3. The van der Waals surface area contributed by atoms with Gasteiger partial charge >= 0.3 is 5.97 Å². The molecule has 4 rings (SSSR count). The number of carboxylic acid groups (broad SMARTS) is 1. The molecule has 164 valence electrons. The zero-order chi connectivity index (χ0) is 22.7. The average Bonchev–Trinajstić information content (AvgIpc) is 3.12. The summed E-state index contributed by atoms with van der Waals surface area (Å²) in [5, 5.41) is 10.3.